The molecule has 2 unspecified atom stereocenters. The number of fused-ring (bicyclic) bond motifs is 1. The van der Waals surface area contributed by atoms with E-state index in [0.717, 1.165) is 17.9 Å². The molecule has 1 aromatic carbocycles. The van der Waals surface area contributed by atoms with Gasteiger partial charge in [0.25, 0.3) is 5.91 Å². The van der Waals surface area contributed by atoms with Crippen molar-refractivity contribution >= 4 is 27.2 Å². The van der Waals surface area contributed by atoms with Crippen molar-refractivity contribution in [2.75, 3.05) is 16.4 Å². The second-order valence-corrected chi connectivity index (χ2v) is 9.26. The molecule has 136 valence electrons. The second kappa shape index (κ2) is 6.39. The topological polar surface area (TPSA) is 79.4 Å². The van der Waals surface area contributed by atoms with E-state index in [1.54, 1.807) is 12.3 Å². The number of carbonyl (C=O) groups is 1. The van der Waals surface area contributed by atoms with E-state index >= 15 is 0 Å². The molecule has 1 N–H and O–H groups in total. The van der Waals surface area contributed by atoms with Gasteiger partial charge in [-0.1, -0.05) is 18.2 Å². The van der Waals surface area contributed by atoms with Crippen molar-refractivity contribution in [3.05, 3.63) is 53.7 Å². The first-order chi connectivity index (χ1) is 12.4. The maximum atomic E-state index is 12.3. The molecule has 0 radical (unpaired) electrons. The summed E-state index contributed by atoms with van der Waals surface area (Å²) in [7, 11) is -3.01. The monoisotopic (exact) mass is 371 g/mol. The molecule has 1 amide bonds. The lowest BCUT2D eigenvalue weighted by molar-refractivity contribution is 0.0941. The van der Waals surface area contributed by atoms with E-state index in [1.165, 1.54) is 5.56 Å². The molecule has 4 rings (SSSR count). The number of hydrogen-bond acceptors (Lipinski definition) is 5. The smallest absolute Gasteiger partial charge is 0.253 e. The first-order valence-electron chi connectivity index (χ1n) is 8.77. The molecule has 1 fully saturated rings. The number of amides is 1. The van der Waals surface area contributed by atoms with Crippen molar-refractivity contribution in [2.45, 2.75) is 31.8 Å². The molecule has 2 aromatic rings. The third-order valence-corrected chi connectivity index (χ3v) is 6.80. The zero-order valence-corrected chi connectivity index (χ0v) is 15.4. The quantitative estimate of drug-likeness (QED) is 0.894. The summed E-state index contributed by atoms with van der Waals surface area (Å²) in [6.07, 6.45) is 3.00. The van der Waals surface area contributed by atoms with Crippen LogP contribution in [0.1, 0.15) is 29.3 Å². The van der Waals surface area contributed by atoms with E-state index in [9.17, 15) is 13.2 Å². The average Bonchev–Trinajstić information content (AvgIpc) is 3.13. The van der Waals surface area contributed by atoms with E-state index in [4.69, 9.17) is 0 Å². The van der Waals surface area contributed by atoms with Crippen LogP contribution in [0.25, 0.3) is 0 Å². The number of hydrogen-bond donors (Lipinski definition) is 1. The van der Waals surface area contributed by atoms with Crippen molar-refractivity contribution in [1.82, 2.24) is 10.3 Å². The molecule has 2 aliphatic rings. The first kappa shape index (κ1) is 17.0. The van der Waals surface area contributed by atoms with Gasteiger partial charge in [0.15, 0.2) is 9.84 Å². The van der Waals surface area contributed by atoms with Gasteiger partial charge < -0.3 is 10.2 Å². The zero-order valence-electron chi connectivity index (χ0n) is 14.6. The number of nitrogens with zero attached hydrogens (tertiary/aromatic N) is 2. The molecule has 0 saturated carbocycles. The molecule has 2 atom stereocenters. The number of aromatic nitrogens is 1. The Balaban J connectivity index is 1.50. The van der Waals surface area contributed by atoms with Crippen LogP contribution >= 0.6 is 0 Å². The summed E-state index contributed by atoms with van der Waals surface area (Å²) in [6.45, 7) is 2.16. The van der Waals surface area contributed by atoms with Gasteiger partial charge in [0.2, 0.25) is 0 Å². The lowest BCUT2D eigenvalue weighted by atomic mass is 10.1. The number of sulfone groups is 1. The lowest BCUT2D eigenvalue weighted by Gasteiger charge is -2.24. The maximum Gasteiger partial charge on any atom is 0.253 e. The third kappa shape index (κ3) is 3.19. The standard InChI is InChI=1S/C19H21N3O3S/c1-13-10-14-4-2-3-5-17(14)22(13)18-7-6-15(11-20-18)19(23)21-16-8-9-26(24,25)12-16/h2-7,11,13,16H,8-10,12H2,1H3,(H,21,23). The number of para-hydroxylation sites is 1. The second-order valence-electron chi connectivity index (χ2n) is 7.03. The van der Waals surface area contributed by atoms with E-state index in [0.29, 0.717) is 18.0 Å². The van der Waals surface area contributed by atoms with Gasteiger partial charge in [0.05, 0.1) is 17.1 Å². The van der Waals surface area contributed by atoms with Gasteiger partial charge in [-0.05, 0) is 43.5 Å². The summed E-state index contributed by atoms with van der Waals surface area (Å²) in [6, 6.07) is 11.9. The van der Waals surface area contributed by atoms with E-state index in [1.807, 2.05) is 18.2 Å². The Morgan fingerprint density at radius 2 is 2.04 bits per heavy atom. The van der Waals surface area contributed by atoms with Crippen molar-refractivity contribution in [3.8, 4) is 0 Å². The molecule has 1 aromatic heterocycles. The van der Waals surface area contributed by atoms with Crippen molar-refractivity contribution in [2.24, 2.45) is 0 Å². The van der Waals surface area contributed by atoms with Crippen molar-refractivity contribution < 1.29 is 13.2 Å². The maximum absolute atomic E-state index is 12.3. The molecule has 0 bridgehead atoms. The molecule has 2 aliphatic heterocycles. The molecule has 1 saturated heterocycles. The Labute approximate surface area is 153 Å². The van der Waals surface area contributed by atoms with Crippen molar-refractivity contribution in [1.29, 1.82) is 0 Å². The first-order valence-corrected chi connectivity index (χ1v) is 10.6. The third-order valence-electron chi connectivity index (χ3n) is 5.03. The number of anilines is 2. The lowest BCUT2D eigenvalue weighted by Crippen LogP contribution is -2.35. The van der Waals surface area contributed by atoms with E-state index in [2.05, 4.69) is 34.3 Å². The normalized spacial score (nSPS) is 23.7. The molecule has 0 aliphatic carbocycles. The summed E-state index contributed by atoms with van der Waals surface area (Å²) < 4.78 is 23.0. The zero-order chi connectivity index (χ0) is 18.3. The largest absolute Gasteiger partial charge is 0.348 e. The van der Waals surface area contributed by atoms with Crippen LogP contribution in [0.2, 0.25) is 0 Å². The van der Waals surface area contributed by atoms with Crippen LogP contribution in [0.5, 0.6) is 0 Å². The van der Waals surface area contributed by atoms with Gasteiger partial charge >= 0.3 is 0 Å². The summed E-state index contributed by atoms with van der Waals surface area (Å²) in [5.74, 6) is 0.691. The highest BCUT2D eigenvalue weighted by atomic mass is 32.2. The summed E-state index contributed by atoms with van der Waals surface area (Å²) >= 11 is 0. The van der Waals surface area contributed by atoms with Gasteiger partial charge in [0.1, 0.15) is 5.82 Å². The van der Waals surface area contributed by atoms with Crippen LogP contribution in [-0.2, 0) is 16.3 Å². The molecule has 6 nitrogen and oxygen atoms in total. The minimum absolute atomic E-state index is 0.0202. The SMILES string of the molecule is CC1Cc2ccccc2N1c1ccc(C(=O)NC2CCS(=O)(=O)C2)cn1. The molecule has 0 spiro atoms. The van der Waals surface area contributed by atoms with Gasteiger partial charge in [-0.15, -0.1) is 0 Å². The minimum atomic E-state index is -3.01. The number of nitrogens with one attached hydrogen (secondary N) is 1. The summed E-state index contributed by atoms with van der Waals surface area (Å²) in [5, 5.41) is 2.79. The van der Waals surface area contributed by atoms with E-state index < -0.39 is 9.84 Å². The Hall–Kier alpha value is -2.41. The van der Waals surface area contributed by atoms with E-state index in [-0.39, 0.29) is 23.5 Å². The van der Waals surface area contributed by atoms with Crippen LogP contribution < -0.4 is 10.2 Å². The molecular weight excluding hydrogens is 350 g/mol. The highest BCUT2D eigenvalue weighted by molar-refractivity contribution is 7.91. The van der Waals surface area contributed by atoms with Crippen LogP contribution in [0, 0.1) is 0 Å². The fourth-order valence-electron chi connectivity index (χ4n) is 3.76. The fourth-order valence-corrected chi connectivity index (χ4v) is 5.43. The highest BCUT2D eigenvalue weighted by Gasteiger charge is 2.30. The fraction of sp³-hybridized carbons (Fsp3) is 0.368. The van der Waals surface area contributed by atoms with Crippen LogP contribution in [0.3, 0.4) is 0 Å². The average molecular weight is 371 g/mol. The number of rotatable bonds is 3. The highest BCUT2D eigenvalue weighted by Crippen LogP contribution is 2.36. The van der Waals surface area contributed by atoms with Crippen LogP contribution in [-0.4, -0.2) is 42.9 Å². The Kier molecular flexibility index (Phi) is 4.19. The van der Waals surface area contributed by atoms with Crippen LogP contribution in [0.4, 0.5) is 11.5 Å². The van der Waals surface area contributed by atoms with Gasteiger partial charge in [-0.3, -0.25) is 4.79 Å². The Bertz CT molecular complexity index is 941. The Morgan fingerprint density at radius 3 is 2.73 bits per heavy atom. The van der Waals surface area contributed by atoms with Gasteiger partial charge in [-0.2, -0.15) is 0 Å². The number of carbonyl (C=O) groups excluding carboxylic acids is 1. The summed E-state index contributed by atoms with van der Waals surface area (Å²) in [4.78, 5) is 19.0. The summed E-state index contributed by atoms with van der Waals surface area (Å²) in [5.41, 5.74) is 2.89. The van der Waals surface area contributed by atoms with Gasteiger partial charge in [-0.25, -0.2) is 13.4 Å². The molecule has 7 heteroatoms. The Morgan fingerprint density at radius 1 is 1.23 bits per heavy atom. The minimum Gasteiger partial charge on any atom is -0.348 e. The molecule has 26 heavy (non-hydrogen) atoms. The predicted octanol–water partition coefficient (Wildman–Crippen LogP) is 2.08. The van der Waals surface area contributed by atoms with Crippen molar-refractivity contribution in [3.63, 3.8) is 0 Å². The number of pyridine rings is 1. The van der Waals surface area contributed by atoms with Gasteiger partial charge in [0, 0.05) is 24.0 Å². The van der Waals surface area contributed by atoms with Crippen LogP contribution in [0.15, 0.2) is 42.6 Å². The number of benzene rings is 1. The molecule has 3 heterocycles. The molecular formula is C19H21N3O3S. The predicted molar refractivity (Wildman–Crippen MR) is 101 cm³/mol.